The van der Waals surface area contributed by atoms with Crippen LogP contribution in [-0.4, -0.2) is 19.9 Å². The van der Waals surface area contributed by atoms with Crippen molar-refractivity contribution in [3.63, 3.8) is 0 Å². The Morgan fingerprint density at radius 3 is 1.05 bits per heavy atom. The summed E-state index contributed by atoms with van der Waals surface area (Å²) in [7, 11) is 0. The maximum atomic E-state index is 4.49. The summed E-state index contributed by atoms with van der Waals surface area (Å²) in [5.74, 6) is 3.92. The maximum absolute atomic E-state index is 4.49. The molecule has 0 spiro atoms. The third kappa shape index (κ3) is 5.04. The molecule has 118 valence electrons. The standard InChI is InChI=1S/C14H18N4S4/c19-5-9-3-10(6-20)16-13(15-9)1-2-14-17-11(7-21)4-12(8-22)18-14/h3-4,19-22H,1-2,5-8H2. The Balaban J connectivity index is 2.15. The van der Waals surface area contributed by atoms with Gasteiger partial charge >= 0.3 is 0 Å². The van der Waals surface area contributed by atoms with Crippen molar-refractivity contribution in [3.8, 4) is 0 Å². The first-order valence-corrected chi connectivity index (χ1v) is 9.36. The van der Waals surface area contributed by atoms with Crippen LogP contribution in [0.3, 0.4) is 0 Å². The van der Waals surface area contributed by atoms with Crippen LogP contribution in [0.4, 0.5) is 0 Å². The van der Waals surface area contributed by atoms with Gasteiger partial charge in [0.2, 0.25) is 0 Å². The van der Waals surface area contributed by atoms with Gasteiger partial charge in [0.25, 0.3) is 0 Å². The highest BCUT2D eigenvalue weighted by Gasteiger charge is 2.07. The van der Waals surface area contributed by atoms with E-state index in [9.17, 15) is 0 Å². The predicted molar refractivity (Wildman–Crippen MR) is 102 cm³/mol. The van der Waals surface area contributed by atoms with E-state index in [1.54, 1.807) is 0 Å². The van der Waals surface area contributed by atoms with E-state index in [4.69, 9.17) is 0 Å². The van der Waals surface area contributed by atoms with Crippen molar-refractivity contribution in [3.05, 3.63) is 46.6 Å². The molecule has 0 saturated heterocycles. The van der Waals surface area contributed by atoms with Crippen molar-refractivity contribution in [2.24, 2.45) is 0 Å². The topological polar surface area (TPSA) is 51.6 Å². The van der Waals surface area contributed by atoms with Gasteiger partial charge in [-0.15, -0.1) is 0 Å². The quantitative estimate of drug-likeness (QED) is 0.566. The van der Waals surface area contributed by atoms with Crippen LogP contribution < -0.4 is 0 Å². The molecule has 4 nitrogen and oxygen atoms in total. The molecular formula is C14H18N4S4. The van der Waals surface area contributed by atoms with E-state index in [1.807, 2.05) is 12.1 Å². The highest BCUT2D eigenvalue weighted by Crippen LogP contribution is 2.11. The largest absolute Gasteiger partial charge is 0.237 e. The number of hydrogen-bond donors (Lipinski definition) is 4. The molecule has 22 heavy (non-hydrogen) atoms. The van der Waals surface area contributed by atoms with Gasteiger partial charge in [0.1, 0.15) is 11.6 Å². The lowest BCUT2D eigenvalue weighted by Crippen LogP contribution is -2.07. The van der Waals surface area contributed by atoms with Gasteiger partial charge < -0.3 is 0 Å². The molecule has 0 bridgehead atoms. The van der Waals surface area contributed by atoms with Crippen LogP contribution in [0.5, 0.6) is 0 Å². The van der Waals surface area contributed by atoms with Crippen molar-refractivity contribution in [1.82, 2.24) is 19.9 Å². The minimum Gasteiger partial charge on any atom is -0.237 e. The minimum atomic E-state index is 0.589. The second kappa shape index (κ2) is 9.00. The van der Waals surface area contributed by atoms with Gasteiger partial charge in [0.15, 0.2) is 0 Å². The normalized spacial score (nSPS) is 10.9. The third-order valence-electron chi connectivity index (χ3n) is 2.98. The lowest BCUT2D eigenvalue weighted by atomic mass is 10.2. The molecule has 2 rings (SSSR count). The zero-order valence-corrected chi connectivity index (χ0v) is 15.6. The molecule has 8 heteroatoms. The summed E-state index contributed by atoms with van der Waals surface area (Å²) in [6.45, 7) is 0. The Kier molecular flexibility index (Phi) is 7.33. The zero-order valence-electron chi connectivity index (χ0n) is 12.0. The van der Waals surface area contributed by atoms with Crippen LogP contribution in [0.25, 0.3) is 0 Å². The van der Waals surface area contributed by atoms with E-state index >= 15 is 0 Å². The van der Waals surface area contributed by atoms with Crippen molar-refractivity contribution in [2.75, 3.05) is 0 Å². The van der Waals surface area contributed by atoms with Gasteiger partial charge in [-0.25, -0.2) is 19.9 Å². The molecule has 0 atom stereocenters. The van der Waals surface area contributed by atoms with E-state index in [0.29, 0.717) is 35.9 Å². The van der Waals surface area contributed by atoms with Gasteiger partial charge in [0, 0.05) is 35.9 Å². The number of aromatic nitrogens is 4. The molecule has 0 aliphatic heterocycles. The number of rotatable bonds is 7. The van der Waals surface area contributed by atoms with E-state index in [2.05, 4.69) is 70.5 Å². The third-order valence-corrected chi connectivity index (χ3v) is 4.27. The lowest BCUT2D eigenvalue weighted by Gasteiger charge is -2.07. The average molecular weight is 371 g/mol. The van der Waals surface area contributed by atoms with Crippen LogP contribution in [0, 0.1) is 0 Å². The van der Waals surface area contributed by atoms with E-state index in [-0.39, 0.29) is 0 Å². The Morgan fingerprint density at radius 1 is 0.545 bits per heavy atom. The Labute approximate surface area is 152 Å². The van der Waals surface area contributed by atoms with E-state index in [1.165, 1.54) is 0 Å². The second-order valence-electron chi connectivity index (χ2n) is 4.67. The fourth-order valence-electron chi connectivity index (χ4n) is 2.00. The highest BCUT2D eigenvalue weighted by atomic mass is 32.1. The summed E-state index contributed by atoms with van der Waals surface area (Å²) < 4.78 is 0. The summed E-state index contributed by atoms with van der Waals surface area (Å²) in [4.78, 5) is 18.0. The molecule has 0 aliphatic rings. The van der Waals surface area contributed by atoms with Crippen LogP contribution >= 0.6 is 50.5 Å². The Hall–Kier alpha value is -0.440. The summed E-state index contributed by atoms with van der Waals surface area (Å²) in [5.41, 5.74) is 3.66. The highest BCUT2D eigenvalue weighted by molar-refractivity contribution is 7.79. The monoisotopic (exact) mass is 370 g/mol. The summed E-state index contributed by atoms with van der Waals surface area (Å²) in [6, 6.07) is 3.86. The Bertz CT molecular complexity index is 536. The number of hydrogen-bond acceptors (Lipinski definition) is 8. The van der Waals surface area contributed by atoms with Gasteiger partial charge in [-0.1, -0.05) is 0 Å². The smallest absolute Gasteiger partial charge is 0.129 e. The fourth-order valence-corrected chi connectivity index (χ4v) is 2.65. The average Bonchev–Trinajstić information content (AvgIpc) is 2.59. The summed E-state index contributed by atoms with van der Waals surface area (Å²) in [5, 5.41) is 0. The molecule has 0 radical (unpaired) electrons. The molecule has 0 N–H and O–H groups in total. The van der Waals surface area contributed by atoms with Gasteiger partial charge in [0.05, 0.1) is 22.8 Å². The lowest BCUT2D eigenvalue weighted by molar-refractivity contribution is 0.777. The van der Waals surface area contributed by atoms with Crippen LogP contribution in [0.1, 0.15) is 34.4 Å². The first kappa shape index (κ1) is 17.9. The molecule has 0 unspecified atom stereocenters. The Morgan fingerprint density at radius 2 is 0.818 bits per heavy atom. The molecule has 0 fully saturated rings. The second-order valence-corrected chi connectivity index (χ2v) is 5.93. The fraction of sp³-hybridized carbons (Fsp3) is 0.429. The first-order valence-electron chi connectivity index (χ1n) is 6.83. The van der Waals surface area contributed by atoms with Crippen molar-refractivity contribution >= 4 is 50.5 Å². The van der Waals surface area contributed by atoms with Crippen LogP contribution in [0.2, 0.25) is 0 Å². The number of nitrogens with zero attached hydrogens (tertiary/aromatic N) is 4. The molecule has 0 aliphatic carbocycles. The number of aryl methyl sites for hydroxylation is 2. The molecule has 2 heterocycles. The van der Waals surface area contributed by atoms with Gasteiger partial charge in [-0.3, -0.25) is 0 Å². The SMILES string of the molecule is SCc1cc(CS)nc(CCc2nc(CS)cc(CS)n2)n1. The minimum absolute atomic E-state index is 0.589. The van der Waals surface area contributed by atoms with Crippen molar-refractivity contribution < 1.29 is 0 Å². The summed E-state index contributed by atoms with van der Waals surface area (Å²) >= 11 is 17.1. The van der Waals surface area contributed by atoms with Crippen LogP contribution in [-0.2, 0) is 35.9 Å². The first-order chi connectivity index (χ1) is 10.7. The maximum Gasteiger partial charge on any atom is 0.129 e. The molecule has 0 saturated carbocycles. The number of thiol groups is 4. The molecular weight excluding hydrogens is 352 g/mol. The van der Waals surface area contributed by atoms with E-state index in [0.717, 1.165) is 34.4 Å². The summed E-state index contributed by atoms with van der Waals surface area (Å²) in [6.07, 6.45) is 1.37. The molecule has 0 aromatic carbocycles. The molecule has 0 amide bonds. The predicted octanol–water partition coefficient (Wildman–Crippen LogP) is 2.77. The van der Waals surface area contributed by atoms with Crippen LogP contribution in [0.15, 0.2) is 12.1 Å². The van der Waals surface area contributed by atoms with Gasteiger partial charge in [-0.2, -0.15) is 50.5 Å². The molecule has 2 aromatic rings. The zero-order chi connectivity index (χ0) is 15.9. The molecule has 2 aromatic heterocycles. The van der Waals surface area contributed by atoms with E-state index < -0.39 is 0 Å². The van der Waals surface area contributed by atoms with Crippen molar-refractivity contribution in [2.45, 2.75) is 35.9 Å². The van der Waals surface area contributed by atoms with Gasteiger partial charge in [-0.05, 0) is 12.1 Å². The van der Waals surface area contributed by atoms with Crippen molar-refractivity contribution in [1.29, 1.82) is 0 Å².